The van der Waals surface area contributed by atoms with Gasteiger partial charge in [-0.3, -0.25) is 0 Å². The van der Waals surface area contributed by atoms with Crippen LogP contribution in [0, 0.1) is 11.8 Å². The Hall–Kier alpha value is -0.860. The lowest BCUT2D eigenvalue weighted by Crippen LogP contribution is -2.06. The number of hydrogen-bond acceptors (Lipinski definition) is 2. The summed E-state index contributed by atoms with van der Waals surface area (Å²) in [6.45, 7) is 10.3. The summed E-state index contributed by atoms with van der Waals surface area (Å²) in [5.74, 6) is 1.65. The molecule has 0 aliphatic carbocycles. The number of aromatic nitrogens is 3. The second-order valence-electron chi connectivity index (χ2n) is 7.54. The fraction of sp³-hybridized carbons (Fsp3) is 0.895. The van der Waals surface area contributed by atoms with Gasteiger partial charge in [0.2, 0.25) is 0 Å². The number of hydrogen-bond donors (Lipinski definition) is 0. The monoisotopic (exact) mass is 307 g/mol. The summed E-state index contributed by atoms with van der Waals surface area (Å²) in [5.41, 5.74) is 1.32. The maximum Gasteiger partial charge on any atom is 0.0725 e. The summed E-state index contributed by atoms with van der Waals surface area (Å²) in [6, 6.07) is 0. The standard InChI is InChI=1S/C19H37N3/c1-17(2)12-9-7-5-6-8-10-15-22-19(16-20-21-22)14-11-13-18(3)4/h16-18H,5-15H2,1-4H3. The third kappa shape index (κ3) is 9.22. The van der Waals surface area contributed by atoms with E-state index in [4.69, 9.17) is 0 Å². The van der Waals surface area contributed by atoms with Gasteiger partial charge in [-0.25, -0.2) is 4.68 Å². The summed E-state index contributed by atoms with van der Waals surface area (Å²) >= 11 is 0. The SMILES string of the molecule is CC(C)CCCCCCCCn1nncc1CCCC(C)C. The summed E-state index contributed by atoms with van der Waals surface area (Å²) in [7, 11) is 0. The molecule has 0 aliphatic rings. The Morgan fingerprint density at radius 3 is 2.09 bits per heavy atom. The van der Waals surface area contributed by atoms with Crippen LogP contribution in [0.25, 0.3) is 0 Å². The van der Waals surface area contributed by atoms with Crippen molar-refractivity contribution >= 4 is 0 Å². The molecule has 0 aliphatic heterocycles. The molecule has 0 atom stereocenters. The summed E-state index contributed by atoms with van der Waals surface area (Å²) in [6.07, 6.45) is 15.1. The fourth-order valence-electron chi connectivity index (χ4n) is 2.87. The third-order valence-corrected chi connectivity index (χ3v) is 4.31. The van der Waals surface area contributed by atoms with Gasteiger partial charge in [-0.05, 0) is 31.1 Å². The van der Waals surface area contributed by atoms with Crippen LogP contribution in [0.3, 0.4) is 0 Å². The molecule has 0 unspecified atom stereocenters. The van der Waals surface area contributed by atoms with E-state index in [0.717, 1.165) is 24.8 Å². The second kappa shape index (κ2) is 11.7. The zero-order valence-corrected chi connectivity index (χ0v) is 15.4. The van der Waals surface area contributed by atoms with E-state index in [0.29, 0.717) is 0 Å². The van der Waals surface area contributed by atoms with Gasteiger partial charge in [0.25, 0.3) is 0 Å². The van der Waals surface area contributed by atoms with Gasteiger partial charge >= 0.3 is 0 Å². The van der Waals surface area contributed by atoms with Crippen molar-refractivity contribution in [2.24, 2.45) is 11.8 Å². The number of aryl methyl sites for hydroxylation is 2. The Morgan fingerprint density at radius 1 is 0.818 bits per heavy atom. The molecule has 0 saturated heterocycles. The molecule has 1 aromatic heterocycles. The van der Waals surface area contributed by atoms with Crippen LogP contribution in [0.5, 0.6) is 0 Å². The Labute approximate surface area is 137 Å². The molecule has 0 bridgehead atoms. The fourth-order valence-corrected chi connectivity index (χ4v) is 2.87. The summed E-state index contributed by atoms with van der Waals surface area (Å²) in [4.78, 5) is 0. The molecule has 1 aromatic rings. The predicted molar refractivity (Wildman–Crippen MR) is 95.0 cm³/mol. The number of rotatable bonds is 13. The van der Waals surface area contributed by atoms with Crippen molar-refractivity contribution in [3.05, 3.63) is 11.9 Å². The average molecular weight is 308 g/mol. The van der Waals surface area contributed by atoms with Crippen molar-refractivity contribution < 1.29 is 0 Å². The molecule has 0 radical (unpaired) electrons. The third-order valence-electron chi connectivity index (χ3n) is 4.31. The lowest BCUT2D eigenvalue weighted by Gasteiger charge is -2.08. The number of unbranched alkanes of at least 4 members (excludes halogenated alkanes) is 5. The summed E-state index contributed by atoms with van der Waals surface area (Å²) in [5, 5.41) is 8.34. The molecule has 3 nitrogen and oxygen atoms in total. The van der Waals surface area contributed by atoms with Gasteiger partial charge in [-0.2, -0.15) is 0 Å². The molecule has 0 saturated carbocycles. The van der Waals surface area contributed by atoms with E-state index < -0.39 is 0 Å². The van der Waals surface area contributed by atoms with Gasteiger partial charge in [0.15, 0.2) is 0 Å². The minimum Gasteiger partial charge on any atom is -0.249 e. The van der Waals surface area contributed by atoms with Gasteiger partial charge in [0, 0.05) is 6.54 Å². The minimum atomic E-state index is 0.792. The molecule has 128 valence electrons. The first-order valence-corrected chi connectivity index (χ1v) is 9.47. The van der Waals surface area contributed by atoms with Crippen molar-refractivity contribution in [1.29, 1.82) is 0 Å². The molecular formula is C19H37N3. The average Bonchev–Trinajstić information content (AvgIpc) is 2.88. The molecular weight excluding hydrogens is 270 g/mol. The molecule has 0 fully saturated rings. The first-order chi connectivity index (χ1) is 10.6. The van der Waals surface area contributed by atoms with Crippen LogP contribution in [-0.2, 0) is 13.0 Å². The molecule has 3 heteroatoms. The highest BCUT2D eigenvalue weighted by Gasteiger charge is 2.04. The normalized spacial score (nSPS) is 11.7. The van der Waals surface area contributed by atoms with Crippen molar-refractivity contribution in [2.45, 2.75) is 98.4 Å². The Kier molecular flexibility index (Phi) is 10.2. The first-order valence-electron chi connectivity index (χ1n) is 9.47. The van der Waals surface area contributed by atoms with Crippen molar-refractivity contribution in [3.63, 3.8) is 0 Å². The Bertz CT molecular complexity index is 369. The lowest BCUT2D eigenvalue weighted by molar-refractivity contribution is 0.479. The molecule has 0 N–H and O–H groups in total. The van der Waals surface area contributed by atoms with E-state index >= 15 is 0 Å². The van der Waals surface area contributed by atoms with Crippen LogP contribution >= 0.6 is 0 Å². The zero-order valence-electron chi connectivity index (χ0n) is 15.4. The highest BCUT2D eigenvalue weighted by atomic mass is 15.4. The minimum absolute atomic E-state index is 0.792. The molecule has 1 heterocycles. The maximum atomic E-state index is 4.25. The van der Waals surface area contributed by atoms with E-state index in [2.05, 4.69) is 42.7 Å². The van der Waals surface area contributed by atoms with Crippen molar-refractivity contribution in [1.82, 2.24) is 15.0 Å². The van der Waals surface area contributed by atoms with Crippen LogP contribution < -0.4 is 0 Å². The molecule has 0 amide bonds. The maximum absolute atomic E-state index is 4.25. The van der Waals surface area contributed by atoms with Gasteiger partial charge in [-0.1, -0.05) is 77.9 Å². The second-order valence-corrected chi connectivity index (χ2v) is 7.54. The van der Waals surface area contributed by atoms with Crippen LogP contribution in [0.2, 0.25) is 0 Å². The predicted octanol–water partition coefficient (Wildman–Crippen LogP) is 5.64. The van der Waals surface area contributed by atoms with Crippen LogP contribution in [0.4, 0.5) is 0 Å². The Balaban J connectivity index is 2.06. The van der Waals surface area contributed by atoms with Gasteiger partial charge in [0.05, 0.1) is 11.9 Å². The highest BCUT2D eigenvalue weighted by molar-refractivity contribution is 4.93. The summed E-state index contributed by atoms with van der Waals surface area (Å²) < 4.78 is 2.12. The van der Waals surface area contributed by atoms with Crippen molar-refractivity contribution in [3.8, 4) is 0 Å². The topological polar surface area (TPSA) is 30.7 Å². The van der Waals surface area contributed by atoms with Crippen LogP contribution in [0.15, 0.2) is 6.20 Å². The van der Waals surface area contributed by atoms with E-state index in [-0.39, 0.29) is 0 Å². The zero-order chi connectivity index (χ0) is 16.2. The molecule has 0 spiro atoms. The largest absolute Gasteiger partial charge is 0.249 e. The van der Waals surface area contributed by atoms with Crippen LogP contribution in [0.1, 0.15) is 91.2 Å². The van der Waals surface area contributed by atoms with E-state index in [1.54, 1.807) is 0 Å². The van der Waals surface area contributed by atoms with Crippen molar-refractivity contribution in [2.75, 3.05) is 0 Å². The van der Waals surface area contributed by atoms with E-state index in [1.165, 1.54) is 63.5 Å². The Morgan fingerprint density at radius 2 is 1.41 bits per heavy atom. The molecule has 22 heavy (non-hydrogen) atoms. The van der Waals surface area contributed by atoms with Gasteiger partial charge < -0.3 is 0 Å². The quantitative estimate of drug-likeness (QED) is 0.441. The van der Waals surface area contributed by atoms with E-state index in [1.807, 2.05) is 6.20 Å². The van der Waals surface area contributed by atoms with Gasteiger partial charge in [-0.15, -0.1) is 5.10 Å². The lowest BCUT2D eigenvalue weighted by atomic mass is 10.0. The molecule has 1 rings (SSSR count). The number of nitrogens with zero attached hydrogens (tertiary/aromatic N) is 3. The molecule has 0 aromatic carbocycles. The highest BCUT2D eigenvalue weighted by Crippen LogP contribution is 2.13. The smallest absolute Gasteiger partial charge is 0.0725 e. The van der Waals surface area contributed by atoms with Crippen LogP contribution in [-0.4, -0.2) is 15.0 Å². The van der Waals surface area contributed by atoms with Gasteiger partial charge in [0.1, 0.15) is 0 Å². The first kappa shape index (κ1) is 19.2. The van der Waals surface area contributed by atoms with E-state index in [9.17, 15) is 0 Å².